The molecule has 1 heterocycles. The average molecular weight is 714 g/mol. The lowest BCUT2D eigenvalue weighted by molar-refractivity contribution is 1.07. The zero-order valence-electron chi connectivity index (χ0n) is 30.5. The maximum Gasteiger partial charge on any atom is 0.164 e. The third kappa shape index (κ3) is 6.21. The van der Waals surface area contributed by atoms with Crippen LogP contribution in [0.25, 0.3) is 100 Å². The van der Waals surface area contributed by atoms with Gasteiger partial charge in [0.25, 0.3) is 0 Å². The fourth-order valence-electron chi connectivity index (χ4n) is 7.82. The molecule has 0 radical (unpaired) electrons. The number of fused-ring (bicyclic) bond motifs is 2. The van der Waals surface area contributed by atoms with E-state index in [1.807, 2.05) is 36.4 Å². The van der Waals surface area contributed by atoms with Crippen molar-refractivity contribution in [2.75, 3.05) is 0 Å². The largest absolute Gasteiger partial charge is 0.208 e. The van der Waals surface area contributed by atoms with Crippen LogP contribution in [-0.4, -0.2) is 15.0 Å². The Balaban J connectivity index is 1.13. The first kappa shape index (κ1) is 33.1. The van der Waals surface area contributed by atoms with Crippen molar-refractivity contribution in [3.63, 3.8) is 0 Å². The predicted octanol–water partition coefficient (Wildman–Crippen LogP) is 13.8. The zero-order chi connectivity index (χ0) is 37.3. The van der Waals surface area contributed by atoms with Crippen LogP contribution in [0.2, 0.25) is 0 Å². The molecule has 0 unspecified atom stereocenters. The Labute approximate surface area is 326 Å². The van der Waals surface area contributed by atoms with Crippen LogP contribution in [0.5, 0.6) is 0 Å². The van der Waals surface area contributed by atoms with Crippen LogP contribution in [0.15, 0.2) is 212 Å². The quantitative estimate of drug-likeness (QED) is 0.154. The van der Waals surface area contributed by atoms with E-state index in [4.69, 9.17) is 15.0 Å². The van der Waals surface area contributed by atoms with Gasteiger partial charge in [0.15, 0.2) is 17.5 Å². The molecule has 0 saturated carbocycles. The second-order valence-corrected chi connectivity index (χ2v) is 14.0. The molecule has 10 aromatic rings. The maximum absolute atomic E-state index is 5.10. The highest BCUT2D eigenvalue weighted by Crippen LogP contribution is 2.45. The molecular formula is C53H35N3. The number of benzene rings is 9. The molecular weight excluding hydrogens is 679 g/mol. The molecule has 9 aromatic carbocycles. The van der Waals surface area contributed by atoms with Gasteiger partial charge in [-0.05, 0) is 78.2 Å². The van der Waals surface area contributed by atoms with Gasteiger partial charge in [-0.3, -0.25) is 0 Å². The molecule has 3 nitrogen and oxygen atoms in total. The minimum Gasteiger partial charge on any atom is -0.208 e. The van der Waals surface area contributed by atoms with Crippen molar-refractivity contribution in [2.45, 2.75) is 0 Å². The first-order valence-electron chi connectivity index (χ1n) is 18.9. The van der Waals surface area contributed by atoms with Crippen LogP contribution in [-0.2, 0) is 0 Å². The van der Waals surface area contributed by atoms with Crippen LogP contribution >= 0.6 is 0 Å². The summed E-state index contributed by atoms with van der Waals surface area (Å²) in [4.78, 5) is 15.1. The normalized spacial score (nSPS) is 11.2. The molecule has 0 aliphatic rings. The highest BCUT2D eigenvalue weighted by molar-refractivity contribution is 6.22. The monoisotopic (exact) mass is 713 g/mol. The van der Waals surface area contributed by atoms with E-state index in [2.05, 4.69) is 176 Å². The Morgan fingerprint density at radius 2 is 0.536 bits per heavy atom. The summed E-state index contributed by atoms with van der Waals surface area (Å²) in [6, 6.07) is 74.8. The molecule has 0 fully saturated rings. The molecule has 0 N–H and O–H groups in total. The van der Waals surface area contributed by atoms with Gasteiger partial charge in [0.2, 0.25) is 0 Å². The van der Waals surface area contributed by atoms with E-state index >= 15 is 0 Å². The lowest BCUT2D eigenvalue weighted by atomic mass is 9.85. The lowest BCUT2D eigenvalue weighted by Crippen LogP contribution is -2.00. The molecule has 0 spiro atoms. The highest BCUT2D eigenvalue weighted by Gasteiger charge is 2.18. The lowest BCUT2D eigenvalue weighted by Gasteiger charge is -2.19. The second-order valence-electron chi connectivity index (χ2n) is 14.0. The van der Waals surface area contributed by atoms with E-state index < -0.39 is 0 Å². The number of aromatic nitrogens is 3. The molecule has 3 heteroatoms. The number of nitrogens with zero attached hydrogens (tertiary/aromatic N) is 3. The van der Waals surface area contributed by atoms with Crippen molar-refractivity contribution in [1.82, 2.24) is 15.0 Å². The van der Waals surface area contributed by atoms with Crippen LogP contribution in [0.1, 0.15) is 0 Å². The molecule has 0 bridgehead atoms. The first-order valence-corrected chi connectivity index (χ1v) is 18.9. The van der Waals surface area contributed by atoms with Crippen LogP contribution in [0, 0.1) is 0 Å². The van der Waals surface area contributed by atoms with E-state index in [0.29, 0.717) is 17.5 Å². The second kappa shape index (κ2) is 14.4. The predicted molar refractivity (Wildman–Crippen MR) is 233 cm³/mol. The molecule has 0 atom stereocenters. The fraction of sp³-hybridized carbons (Fsp3) is 0. The van der Waals surface area contributed by atoms with E-state index in [0.717, 1.165) is 33.4 Å². The molecule has 0 aliphatic heterocycles. The molecule has 10 rings (SSSR count). The Hall–Kier alpha value is -7.49. The van der Waals surface area contributed by atoms with Gasteiger partial charge in [0.05, 0.1) is 0 Å². The fourth-order valence-corrected chi connectivity index (χ4v) is 7.82. The average Bonchev–Trinajstić information content (AvgIpc) is 3.29. The van der Waals surface area contributed by atoms with Crippen molar-refractivity contribution in [3.05, 3.63) is 212 Å². The van der Waals surface area contributed by atoms with E-state index in [9.17, 15) is 0 Å². The highest BCUT2D eigenvalue weighted by atomic mass is 15.0. The Kier molecular flexibility index (Phi) is 8.51. The van der Waals surface area contributed by atoms with Gasteiger partial charge in [-0.15, -0.1) is 0 Å². The standard InChI is InChI=1S/C53H35N3/c1-5-16-36(17-6-1)37-28-30-41(31-29-37)52-54-51(40-22-11-4-12-23-40)55-53(56-52)44-25-15-24-42(34-44)43-32-33-47-48(35-43)50(39-20-9-3-10-21-39)46-27-14-13-26-45(46)49(47)38-18-7-2-8-19-38/h1-35H. The molecule has 56 heavy (non-hydrogen) atoms. The molecule has 262 valence electrons. The minimum atomic E-state index is 0.631. The van der Waals surface area contributed by atoms with Gasteiger partial charge in [-0.25, -0.2) is 15.0 Å². The summed E-state index contributed by atoms with van der Waals surface area (Å²) in [7, 11) is 0. The van der Waals surface area contributed by atoms with E-state index in [1.165, 1.54) is 49.4 Å². The molecule has 0 amide bonds. The van der Waals surface area contributed by atoms with E-state index in [1.54, 1.807) is 0 Å². The molecule has 1 aromatic heterocycles. The maximum atomic E-state index is 5.10. The summed E-state index contributed by atoms with van der Waals surface area (Å²) in [5, 5.41) is 4.92. The third-order valence-corrected chi connectivity index (χ3v) is 10.5. The van der Waals surface area contributed by atoms with Crippen molar-refractivity contribution in [3.8, 4) is 78.7 Å². The number of hydrogen-bond donors (Lipinski definition) is 0. The smallest absolute Gasteiger partial charge is 0.164 e. The van der Waals surface area contributed by atoms with Gasteiger partial charge in [-0.1, -0.05) is 200 Å². The van der Waals surface area contributed by atoms with Crippen LogP contribution in [0.3, 0.4) is 0 Å². The van der Waals surface area contributed by atoms with Gasteiger partial charge in [0.1, 0.15) is 0 Å². The number of hydrogen-bond acceptors (Lipinski definition) is 3. The van der Waals surface area contributed by atoms with Crippen molar-refractivity contribution in [2.24, 2.45) is 0 Å². The topological polar surface area (TPSA) is 38.7 Å². The summed E-state index contributed by atoms with van der Waals surface area (Å²) < 4.78 is 0. The van der Waals surface area contributed by atoms with Gasteiger partial charge < -0.3 is 0 Å². The van der Waals surface area contributed by atoms with Crippen molar-refractivity contribution >= 4 is 21.5 Å². The Bertz CT molecular complexity index is 2980. The van der Waals surface area contributed by atoms with Crippen molar-refractivity contribution < 1.29 is 0 Å². The van der Waals surface area contributed by atoms with E-state index in [-0.39, 0.29) is 0 Å². The van der Waals surface area contributed by atoms with Crippen LogP contribution in [0.4, 0.5) is 0 Å². The molecule has 0 aliphatic carbocycles. The number of rotatable bonds is 7. The first-order chi connectivity index (χ1) is 27.8. The van der Waals surface area contributed by atoms with Gasteiger partial charge >= 0.3 is 0 Å². The Morgan fingerprint density at radius 3 is 1.11 bits per heavy atom. The minimum absolute atomic E-state index is 0.631. The summed E-state index contributed by atoms with van der Waals surface area (Å²) in [5.74, 6) is 1.91. The summed E-state index contributed by atoms with van der Waals surface area (Å²) in [5.41, 5.74) is 12.2. The Morgan fingerprint density at radius 1 is 0.196 bits per heavy atom. The molecule has 0 saturated heterocycles. The van der Waals surface area contributed by atoms with Crippen LogP contribution < -0.4 is 0 Å². The van der Waals surface area contributed by atoms with Crippen molar-refractivity contribution in [1.29, 1.82) is 0 Å². The summed E-state index contributed by atoms with van der Waals surface area (Å²) in [6.45, 7) is 0. The SMILES string of the molecule is c1ccc(-c2ccc(-c3nc(-c4ccccc4)nc(-c4cccc(-c5ccc6c(-c7ccccc7)c7ccccc7c(-c7ccccc7)c6c5)c4)n3)cc2)cc1. The summed E-state index contributed by atoms with van der Waals surface area (Å²) >= 11 is 0. The summed E-state index contributed by atoms with van der Waals surface area (Å²) in [6.07, 6.45) is 0. The zero-order valence-corrected chi connectivity index (χ0v) is 30.5. The third-order valence-electron chi connectivity index (χ3n) is 10.5. The van der Waals surface area contributed by atoms with Gasteiger partial charge in [0, 0.05) is 16.7 Å². The van der Waals surface area contributed by atoms with Gasteiger partial charge in [-0.2, -0.15) is 0 Å².